The van der Waals surface area contributed by atoms with E-state index in [1.807, 2.05) is 18.2 Å². The molecule has 0 aliphatic carbocycles. The topological polar surface area (TPSA) is 90.5 Å². The van der Waals surface area contributed by atoms with Crippen molar-refractivity contribution in [3.05, 3.63) is 54.1 Å². The number of fused-ring (bicyclic) bond motifs is 1. The second kappa shape index (κ2) is 11.0. The Morgan fingerprint density at radius 2 is 1.66 bits per heavy atom. The zero-order valence-electron chi connectivity index (χ0n) is 22.1. The molecule has 2 saturated heterocycles. The van der Waals surface area contributed by atoms with Gasteiger partial charge in [0.2, 0.25) is 15.9 Å². The summed E-state index contributed by atoms with van der Waals surface area (Å²) in [6.07, 6.45) is 0.995. The summed E-state index contributed by atoms with van der Waals surface area (Å²) in [5.41, 5.74) is 1.57. The van der Waals surface area contributed by atoms with Crippen molar-refractivity contribution in [3.8, 4) is 5.75 Å². The number of anilines is 1. The molecule has 3 aliphatic rings. The molecule has 9 nitrogen and oxygen atoms in total. The lowest BCUT2D eigenvalue weighted by atomic mass is 9.94. The number of benzene rings is 2. The van der Waals surface area contributed by atoms with E-state index in [2.05, 4.69) is 30.9 Å². The van der Waals surface area contributed by atoms with Crippen molar-refractivity contribution in [2.75, 3.05) is 57.3 Å². The number of ether oxygens (including phenoxy) is 1. The van der Waals surface area contributed by atoms with Gasteiger partial charge >= 0.3 is 0 Å². The molecule has 10 heteroatoms. The lowest BCUT2D eigenvalue weighted by molar-refractivity contribution is -0.133. The van der Waals surface area contributed by atoms with Crippen LogP contribution in [0.3, 0.4) is 0 Å². The highest BCUT2D eigenvalue weighted by atomic mass is 32.2. The van der Waals surface area contributed by atoms with E-state index >= 15 is 0 Å². The van der Waals surface area contributed by atoms with Gasteiger partial charge in [0.1, 0.15) is 12.3 Å². The van der Waals surface area contributed by atoms with Gasteiger partial charge < -0.3 is 9.64 Å². The zero-order valence-corrected chi connectivity index (χ0v) is 22.9. The van der Waals surface area contributed by atoms with Crippen LogP contribution in [0.15, 0.2) is 53.4 Å². The number of sulfonamides is 1. The van der Waals surface area contributed by atoms with Crippen molar-refractivity contribution < 1.29 is 22.7 Å². The molecule has 0 radical (unpaired) electrons. The van der Waals surface area contributed by atoms with E-state index in [1.165, 1.54) is 26.9 Å². The van der Waals surface area contributed by atoms with Crippen molar-refractivity contribution in [2.24, 2.45) is 11.8 Å². The van der Waals surface area contributed by atoms with E-state index in [4.69, 9.17) is 4.74 Å². The Bertz CT molecular complexity index is 1270. The molecule has 0 spiro atoms. The molecule has 3 heterocycles. The van der Waals surface area contributed by atoms with Crippen LogP contribution in [-0.2, 0) is 26.2 Å². The zero-order chi connectivity index (χ0) is 26.9. The minimum atomic E-state index is -3.74. The van der Waals surface area contributed by atoms with E-state index in [0.717, 1.165) is 26.1 Å². The van der Waals surface area contributed by atoms with Crippen molar-refractivity contribution in [2.45, 2.75) is 31.7 Å². The van der Waals surface area contributed by atoms with E-state index in [9.17, 15) is 18.0 Å². The Balaban J connectivity index is 1.28. The molecule has 5 rings (SSSR count). The third-order valence-corrected chi connectivity index (χ3v) is 9.44. The number of carbonyl (C=O) groups is 2. The molecule has 204 valence electrons. The first-order chi connectivity index (χ1) is 18.2. The Hall–Kier alpha value is -2.95. The Morgan fingerprint density at radius 3 is 2.34 bits per heavy atom. The van der Waals surface area contributed by atoms with Crippen molar-refractivity contribution in [1.29, 1.82) is 0 Å². The lowest BCUT2D eigenvalue weighted by Gasteiger charge is -2.37. The van der Waals surface area contributed by atoms with Gasteiger partial charge in [-0.2, -0.15) is 4.31 Å². The van der Waals surface area contributed by atoms with Crippen LogP contribution in [0.2, 0.25) is 0 Å². The number of nitrogens with zero attached hydrogens (tertiary/aromatic N) is 4. The van der Waals surface area contributed by atoms with Crippen LogP contribution in [0, 0.1) is 11.8 Å². The van der Waals surface area contributed by atoms with Crippen molar-refractivity contribution in [3.63, 3.8) is 0 Å². The first-order valence-electron chi connectivity index (χ1n) is 13.3. The molecule has 2 amide bonds. The Labute approximate surface area is 225 Å². The molecule has 0 N–H and O–H groups in total. The molecule has 38 heavy (non-hydrogen) atoms. The predicted octanol–water partition coefficient (Wildman–Crippen LogP) is 2.42. The summed E-state index contributed by atoms with van der Waals surface area (Å²) >= 11 is 0. The van der Waals surface area contributed by atoms with Gasteiger partial charge in [0.05, 0.1) is 10.6 Å². The first kappa shape index (κ1) is 26.6. The third kappa shape index (κ3) is 5.72. The van der Waals surface area contributed by atoms with Crippen LogP contribution in [-0.4, -0.2) is 86.8 Å². The number of rotatable bonds is 6. The largest absolute Gasteiger partial charge is 0.482 e. The average molecular weight is 541 g/mol. The molecule has 0 aromatic heterocycles. The molecule has 2 fully saturated rings. The number of piperidine rings is 1. The summed E-state index contributed by atoms with van der Waals surface area (Å²) in [4.78, 5) is 31.7. The molecular weight excluding hydrogens is 504 g/mol. The highest BCUT2D eigenvalue weighted by molar-refractivity contribution is 7.89. The number of carbonyl (C=O) groups excluding carboxylic acids is 2. The van der Waals surface area contributed by atoms with Gasteiger partial charge in [0.25, 0.3) is 5.91 Å². The van der Waals surface area contributed by atoms with E-state index in [1.54, 1.807) is 11.0 Å². The van der Waals surface area contributed by atoms with Crippen LogP contribution in [0.4, 0.5) is 5.69 Å². The summed E-state index contributed by atoms with van der Waals surface area (Å²) in [6.45, 7) is 8.24. The highest BCUT2D eigenvalue weighted by Crippen LogP contribution is 2.36. The van der Waals surface area contributed by atoms with Gasteiger partial charge in [-0.05, 0) is 42.0 Å². The molecule has 2 aromatic rings. The van der Waals surface area contributed by atoms with E-state index < -0.39 is 10.0 Å². The van der Waals surface area contributed by atoms with Gasteiger partial charge in [-0.3, -0.25) is 19.4 Å². The maximum absolute atomic E-state index is 13.5. The third-order valence-electron chi connectivity index (χ3n) is 7.61. The van der Waals surface area contributed by atoms with Gasteiger partial charge in [0, 0.05) is 45.8 Å². The minimum absolute atomic E-state index is 0.114. The summed E-state index contributed by atoms with van der Waals surface area (Å²) < 4.78 is 34.1. The molecule has 0 bridgehead atoms. The normalized spacial score (nSPS) is 23.2. The summed E-state index contributed by atoms with van der Waals surface area (Å²) in [6, 6.07) is 14.8. The van der Waals surface area contributed by atoms with Crippen molar-refractivity contribution in [1.82, 2.24) is 14.1 Å². The fourth-order valence-corrected chi connectivity index (χ4v) is 7.40. The summed E-state index contributed by atoms with van der Waals surface area (Å²) in [7, 11) is -3.74. The average Bonchev–Trinajstić information content (AvgIpc) is 2.90. The molecule has 0 saturated carbocycles. The number of hydrogen-bond acceptors (Lipinski definition) is 6. The molecule has 3 aliphatic heterocycles. The van der Waals surface area contributed by atoms with Crippen LogP contribution < -0.4 is 9.64 Å². The molecule has 2 atom stereocenters. The Morgan fingerprint density at radius 1 is 0.974 bits per heavy atom. The maximum atomic E-state index is 13.5. The minimum Gasteiger partial charge on any atom is -0.482 e. The smallest absolute Gasteiger partial charge is 0.265 e. The van der Waals surface area contributed by atoms with Gasteiger partial charge in [0.15, 0.2) is 6.61 Å². The quantitative estimate of drug-likeness (QED) is 0.559. The fourth-order valence-electron chi connectivity index (χ4n) is 5.70. The molecule has 2 aromatic carbocycles. The second-order valence-electron chi connectivity index (χ2n) is 10.8. The lowest BCUT2D eigenvalue weighted by Crippen LogP contribution is -2.52. The molecule has 0 unspecified atom stereocenters. The van der Waals surface area contributed by atoms with Crippen LogP contribution in [0.5, 0.6) is 5.75 Å². The second-order valence-corrected chi connectivity index (χ2v) is 12.7. The summed E-state index contributed by atoms with van der Waals surface area (Å²) in [5, 5.41) is 0. The predicted molar refractivity (Wildman–Crippen MR) is 144 cm³/mol. The van der Waals surface area contributed by atoms with Gasteiger partial charge in [-0.25, -0.2) is 8.42 Å². The first-order valence-corrected chi connectivity index (χ1v) is 14.8. The highest BCUT2D eigenvalue weighted by Gasteiger charge is 2.35. The molecular formula is C28H36N4O5S. The standard InChI is InChI=1S/C28H36N4O5S/c1-21-14-22(2)17-31(16-21)38(35,36)24-8-9-26-25(15-24)32(28(34)20-37-26)19-27(33)30-12-10-29(11-13-30)18-23-6-4-3-5-7-23/h3-9,15,21-22H,10-14,16-20H2,1-2H3/t21-,22-/m1/s1. The number of piperazine rings is 1. The summed E-state index contributed by atoms with van der Waals surface area (Å²) in [5.74, 6) is 0.446. The van der Waals surface area contributed by atoms with Crippen LogP contribution >= 0.6 is 0 Å². The van der Waals surface area contributed by atoms with E-state index in [0.29, 0.717) is 37.6 Å². The van der Waals surface area contributed by atoms with Gasteiger partial charge in [-0.1, -0.05) is 44.2 Å². The van der Waals surface area contributed by atoms with Crippen LogP contribution in [0.1, 0.15) is 25.8 Å². The number of hydrogen-bond donors (Lipinski definition) is 0. The van der Waals surface area contributed by atoms with Crippen molar-refractivity contribution >= 4 is 27.5 Å². The van der Waals surface area contributed by atoms with Gasteiger partial charge in [-0.15, -0.1) is 0 Å². The van der Waals surface area contributed by atoms with E-state index in [-0.39, 0.29) is 41.7 Å². The maximum Gasteiger partial charge on any atom is 0.265 e. The SMILES string of the molecule is C[C@@H]1C[C@@H](C)CN(S(=O)(=O)c2ccc3c(c2)N(CC(=O)N2CCN(Cc4ccccc4)CC2)C(=O)CO3)C1. The van der Waals surface area contributed by atoms with Crippen LogP contribution in [0.25, 0.3) is 0 Å². The Kier molecular flexibility index (Phi) is 7.74. The number of amides is 2. The monoisotopic (exact) mass is 540 g/mol. The fraction of sp³-hybridized carbons (Fsp3) is 0.500.